The molecular weight excluding hydrogens is 340 g/mol. The van der Waals surface area contributed by atoms with Crippen LogP contribution in [0.4, 0.5) is 5.13 Å². The highest BCUT2D eigenvalue weighted by Crippen LogP contribution is 2.26. The third-order valence-electron chi connectivity index (χ3n) is 3.25. The summed E-state index contributed by atoms with van der Waals surface area (Å²) in [6.45, 7) is 3.75. The number of nitrogens with one attached hydrogen (secondary N) is 1. The molecule has 0 radical (unpaired) electrons. The number of aryl methyl sites for hydroxylation is 1. The maximum Gasteiger partial charge on any atom is 0.239 e. The van der Waals surface area contributed by atoms with Gasteiger partial charge in [0.05, 0.1) is 10.9 Å². The van der Waals surface area contributed by atoms with Crippen LogP contribution in [0.3, 0.4) is 0 Å². The molecule has 5 nitrogen and oxygen atoms in total. The Balaban J connectivity index is 1.63. The quantitative estimate of drug-likeness (QED) is 0.552. The van der Waals surface area contributed by atoms with Gasteiger partial charge >= 0.3 is 0 Å². The standard InChI is InChI=1S/C17H16N4OS2/c1-11-8-15(19-10-18-11)24-12(2)16(22)21-17-20-14(9-23-17)13-6-4-3-5-7-13/h3-10,12H,1-2H3,(H,20,21,22)/t12-/m1/s1. The van der Waals surface area contributed by atoms with E-state index in [1.807, 2.05) is 55.6 Å². The van der Waals surface area contributed by atoms with E-state index in [1.54, 1.807) is 0 Å². The third-order valence-corrected chi connectivity index (χ3v) is 5.04. The van der Waals surface area contributed by atoms with Crippen molar-refractivity contribution in [3.63, 3.8) is 0 Å². The lowest BCUT2D eigenvalue weighted by Crippen LogP contribution is -2.22. The van der Waals surface area contributed by atoms with Gasteiger partial charge < -0.3 is 5.32 Å². The minimum atomic E-state index is -0.275. The fraction of sp³-hybridized carbons (Fsp3) is 0.176. The van der Waals surface area contributed by atoms with Gasteiger partial charge in [-0.1, -0.05) is 42.1 Å². The number of thioether (sulfide) groups is 1. The molecule has 0 aliphatic rings. The number of anilines is 1. The Morgan fingerprint density at radius 1 is 1.25 bits per heavy atom. The Hall–Kier alpha value is -2.25. The van der Waals surface area contributed by atoms with Crippen molar-refractivity contribution in [2.45, 2.75) is 24.1 Å². The molecule has 3 aromatic rings. The minimum Gasteiger partial charge on any atom is -0.301 e. The van der Waals surface area contributed by atoms with Crippen LogP contribution in [0.15, 0.2) is 53.1 Å². The lowest BCUT2D eigenvalue weighted by molar-refractivity contribution is -0.115. The zero-order valence-electron chi connectivity index (χ0n) is 13.3. The molecule has 1 aromatic carbocycles. The van der Waals surface area contributed by atoms with Crippen LogP contribution < -0.4 is 5.32 Å². The second kappa shape index (κ2) is 7.55. The van der Waals surface area contributed by atoms with Gasteiger partial charge in [0.2, 0.25) is 5.91 Å². The van der Waals surface area contributed by atoms with E-state index in [4.69, 9.17) is 0 Å². The fourth-order valence-corrected chi connectivity index (χ4v) is 3.61. The molecule has 0 saturated heterocycles. The highest BCUT2D eigenvalue weighted by Gasteiger charge is 2.17. The summed E-state index contributed by atoms with van der Waals surface area (Å²) in [6.07, 6.45) is 1.51. The minimum absolute atomic E-state index is 0.0924. The van der Waals surface area contributed by atoms with Crippen molar-refractivity contribution in [3.05, 3.63) is 53.8 Å². The van der Waals surface area contributed by atoms with Crippen molar-refractivity contribution in [2.75, 3.05) is 5.32 Å². The van der Waals surface area contributed by atoms with Crippen LogP contribution in [-0.2, 0) is 4.79 Å². The zero-order valence-corrected chi connectivity index (χ0v) is 14.9. The summed E-state index contributed by atoms with van der Waals surface area (Å²) in [4.78, 5) is 25.0. The number of nitrogens with zero attached hydrogens (tertiary/aromatic N) is 3. The molecule has 7 heteroatoms. The van der Waals surface area contributed by atoms with Crippen LogP contribution in [0, 0.1) is 6.92 Å². The Kier molecular flexibility index (Phi) is 5.22. The van der Waals surface area contributed by atoms with Crippen LogP contribution in [-0.4, -0.2) is 26.1 Å². The third kappa shape index (κ3) is 4.18. The van der Waals surface area contributed by atoms with Gasteiger partial charge in [-0.2, -0.15) is 0 Å². The molecule has 0 bridgehead atoms. The fourth-order valence-electron chi connectivity index (χ4n) is 2.01. The second-order valence-corrected chi connectivity index (χ2v) is 7.37. The maximum atomic E-state index is 12.3. The van der Waals surface area contributed by atoms with E-state index >= 15 is 0 Å². The van der Waals surface area contributed by atoms with Crippen molar-refractivity contribution in [1.29, 1.82) is 0 Å². The summed E-state index contributed by atoms with van der Waals surface area (Å²) >= 11 is 2.82. The van der Waals surface area contributed by atoms with E-state index in [9.17, 15) is 4.79 Å². The normalized spacial score (nSPS) is 11.9. The molecule has 24 heavy (non-hydrogen) atoms. The summed E-state index contributed by atoms with van der Waals surface area (Å²) in [6, 6.07) is 11.8. The molecule has 1 amide bonds. The SMILES string of the molecule is Cc1cc(S[C@H](C)C(=O)Nc2nc(-c3ccccc3)cs2)ncn1. The van der Waals surface area contributed by atoms with Gasteiger partial charge in [-0.25, -0.2) is 15.0 Å². The number of hydrogen-bond donors (Lipinski definition) is 1. The van der Waals surface area contributed by atoms with E-state index < -0.39 is 0 Å². The molecule has 2 aromatic heterocycles. The molecule has 1 N–H and O–H groups in total. The Morgan fingerprint density at radius 2 is 2.04 bits per heavy atom. The molecule has 122 valence electrons. The summed E-state index contributed by atoms with van der Waals surface area (Å²) < 4.78 is 0. The van der Waals surface area contributed by atoms with Crippen molar-refractivity contribution < 1.29 is 4.79 Å². The second-order valence-electron chi connectivity index (χ2n) is 5.15. The Morgan fingerprint density at radius 3 is 2.79 bits per heavy atom. The van der Waals surface area contributed by atoms with E-state index in [0.29, 0.717) is 5.13 Å². The molecule has 0 aliphatic carbocycles. The average molecular weight is 356 g/mol. The van der Waals surface area contributed by atoms with Crippen LogP contribution >= 0.6 is 23.1 Å². The van der Waals surface area contributed by atoms with Gasteiger partial charge in [-0.15, -0.1) is 11.3 Å². The maximum absolute atomic E-state index is 12.3. The highest BCUT2D eigenvalue weighted by molar-refractivity contribution is 8.00. The van der Waals surface area contributed by atoms with Gasteiger partial charge in [-0.05, 0) is 19.9 Å². The number of benzene rings is 1. The van der Waals surface area contributed by atoms with Crippen molar-refractivity contribution in [2.24, 2.45) is 0 Å². The van der Waals surface area contributed by atoms with E-state index in [1.165, 1.54) is 29.4 Å². The zero-order chi connectivity index (χ0) is 16.9. The van der Waals surface area contributed by atoms with E-state index in [2.05, 4.69) is 20.3 Å². The first-order chi connectivity index (χ1) is 11.6. The highest BCUT2D eigenvalue weighted by atomic mass is 32.2. The molecule has 1 atom stereocenters. The van der Waals surface area contributed by atoms with Crippen molar-refractivity contribution >= 4 is 34.1 Å². The summed E-state index contributed by atoms with van der Waals surface area (Å²) in [5.41, 5.74) is 2.78. The molecule has 0 unspecified atom stereocenters. The first kappa shape index (κ1) is 16.6. The molecule has 0 aliphatic heterocycles. The average Bonchev–Trinajstić information content (AvgIpc) is 3.04. The van der Waals surface area contributed by atoms with Crippen LogP contribution in [0.1, 0.15) is 12.6 Å². The molecule has 0 spiro atoms. The lowest BCUT2D eigenvalue weighted by atomic mass is 10.2. The predicted octanol–water partition coefficient (Wildman–Crippen LogP) is 4.03. The lowest BCUT2D eigenvalue weighted by Gasteiger charge is -2.09. The number of aromatic nitrogens is 3. The Bertz CT molecular complexity index is 835. The van der Waals surface area contributed by atoms with Crippen molar-refractivity contribution in [1.82, 2.24) is 15.0 Å². The summed E-state index contributed by atoms with van der Waals surface area (Å²) in [5.74, 6) is -0.0924. The van der Waals surface area contributed by atoms with Crippen LogP contribution in [0.2, 0.25) is 0 Å². The number of amides is 1. The number of carbonyl (C=O) groups excluding carboxylic acids is 1. The van der Waals surface area contributed by atoms with Gasteiger partial charge in [0.25, 0.3) is 0 Å². The van der Waals surface area contributed by atoms with Gasteiger partial charge in [0, 0.05) is 16.6 Å². The molecule has 2 heterocycles. The van der Waals surface area contributed by atoms with Gasteiger partial charge in [-0.3, -0.25) is 4.79 Å². The molecule has 0 saturated carbocycles. The first-order valence-corrected chi connectivity index (χ1v) is 9.15. The van der Waals surface area contributed by atoms with Gasteiger partial charge in [0.15, 0.2) is 5.13 Å². The Labute approximate surface area is 148 Å². The number of thiazole rings is 1. The van der Waals surface area contributed by atoms with Crippen molar-refractivity contribution in [3.8, 4) is 11.3 Å². The van der Waals surface area contributed by atoms with Crippen LogP contribution in [0.25, 0.3) is 11.3 Å². The smallest absolute Gasteiger partial charge is 0.239 e. The topological polar surface area (TPSA) is 67.8 Å². The molecular formula is C17H16N4OS2. The van der Waals surface area contributed by atoms with Gasteiger partial charge in [0.1, 0.15) is 11.4 Å². The number of carbonyl (C=O) groups is 1. The largest absolute Gasteiger partial charge is 0.301 e. The monoisotopic (exact) mass is 356 g/mol. The summed E-state index contributed by atoms with van der Waals surface area (Å²) in [5, 5.41) is 5.93. The van der Waals surface area contributed by atoms with E-state index in [-0.39, 0.29) is 11.2 Å². The molecule has 3 rings (SSSR count). The van der Waals surface area contributed by atoms with E-state index in [0.717, 1.165) is 22.0 Å². The first-order valence-electron chi connectivity index (χ1n) is 7.39. The van der Waals surface area contributed by atoms with Crippen LogP contribution in [0.5, 0.6) is 0 Å². The predicted molar refractivity (Wildman–Crippen MR) is 98.3 cm³/mol. The number of hydrogen-bond acceptors (Lipinski definition) is 6. The summed E-state index contributed by atoms with van der Waals surface area (Å²) in [7, 11) is 0. The molecule has 0 fully saturated rings. The number of rotatable bonds is 5.